The molecule has 0 radical (unpaired) electrons. The van der Waals surface area contributed by atoms with Crippen LogP contribution in [-0.4, -0.2) is 28.8 Å². The molecule has 0 saturated carbocycles. The predicted molar refractivity (Wildman–Crippen MR) is 109 cm³/mol. The zero-order valence-corrected chi connectivity index (χ0v) is 16.5. The minimum Gasteiger partial charge on any atom is -0.392 e. The van der Waals surface area contributed by atoms with Gasteiger partial charge >= 0.3 is 0 Å². The number of aliphatic hydroxyl groups excluding tert-OH is 1. The van der Waals surface area contributed by atoms with Gasteiger partial charge in [-0.05, 0) is 19.3 Å². The van der Waals surface area contributed by atoms with Gasteiger partial charge in [0.1, 0.15) is 5.01 Å². The van der Waals surface area contributed by atoms with Crippen LogP contribution < -0.4 is 0 Å². The molecule has 1 aromatic rings. The van der Waals surface area contributed by atoms with Gasteiger partial charge in [-0.1, -0.05) is 56.4 Å². The molecule has 0 fully saturated rings. The molecule has 1 aromatic heterocycles. The van der Waals surface area contributed by atoms with Crippen molar-refractivity contribution in [2.75, 3.05) is 6.54 Å². The van der Waals surface area contributed by atoms with Gasteiger partial charge in [-0.2, -0.15) is 0 Å². The van der Waals surface area contributed by atoms with Crippen molar-refractivity contribution in [1.29, 1.82) is 0 Å². The first-order valence-corrected chi connectivity index (χ1v) is 9.56. The van der Waals surface area contributed by atoms with Crippen LogP contribution in [0.25, 0.3) is 0 Å². The molecule has 0 aliphatic heterocycles. The first-order valence-electron chi connectivity index (χ1n) is 8.68. The number of allylic oxidation sites excluding steroid dienone is 4. The number of rotatable bonds is 12. The number of aliphatic imine (C=N–C) groups is 1. The lowest BCUT2D eigenvalue weighted by Crippen LogP contribution is -2.33. The van der Waals surface area contributed by atoms with E-state index in [1.54, 1.807) is 11.3 Å². The van der Waals surface area contributed by atoms with Gasteiger partial charge in [0.2, 0.25) is 6.08 Å². The Kier molecular flexibility index (Phi) is 9.74. The Morgan fingerprint density at radius 2 is 2.23 bits per heavy atom. The Hall–Kier alpha value is -2.07. The first-order chi connectivity index (χ1) is 12.4. The van der Waals surface area contributed by atoms with E-state index in [9.17, 15) is 9.90 Å². The molecule has 0 aliphatic rings. The molecule has 1 atom stereocenters. The lowest BCUT2D eigenvalue weighted by atomic mass is 9.85. The highest BCUT2D eigenvalue weighted by Gasteiger charge is 2.32. The summed E-state index contributed by atoms with van der Waals surface area (Å²) < 4.78 is 0. The number of thiazole rings is 1. The molecule has 1 N–H and O–H groups in total. The Bertz CT molecular complexity index is 695. The van der Waals surface area contributed by atoms with Crippen molar-refractivity contribution in [3.63, 3.8) is 0 Å². The van der Waals surface area contributed by atoms with Crippen molar-refractivity contribution in [2.45, 2.75) is 51.0 Å². The van der Waals surface area contributed by atoms with Crippen molar-refractivity contribution >= 4 is 17.4 Å². The topological polar surface area (TPSA) is 62.6 Å². The molecule has 0 spiro atoms. The molecule has 0 aliphatic carbocycles. The van der Waals surface area contributed by atoms with E-state index in [1.165, 1.54) is 6.08 Å². The van der Waals surface area contributed by atoms with E-state index in [-0.39, 0.29) is 0 Å². The van der Waals surface area contributed by atoms with Crippen molar-refractivity contribution in [1.82, 2.24) is 4.98 Å². The van der Waals surface area contributed by atoms with Gasteiger partial charge < -0.3 is 5.11 Å². The highest BCUT2D eigenvalue weighted by molar-refractivity contribution is 7.09. The van der Waals surface area contributed by atoms with Gasteiger partial charge in [0, 0.05) is 17.2 Å². The minimum absolute atomic E-state index is 0.393. The maximum atomic E-state index is 10.6. The second-order valence-electron chi connectivity index (χ2n) is 6.60. The van der Waals surface area contributed by atoms with Gasteiger partial charge in [0.25, 0.3) is 0 Å². The van der Waals surface area contributed by atoms with Crippen molar-refractivity contribution in [2.24, 2.45) is 4.99 Å². The molecule has 26 heavy (non-hydrogen) atoms. The Labute approximate surface area is 160 Å². The van der Waals surface area contributed by atoms with Crippen LogP contribution in [0.4, 0.5) is 0 Å². The van der Waals surface area contributed by atoms with Gasteiger partial charge in [-0.25, -0.2) is 14.8 Å². The van der Waals surface area contributed by atoms with Crippen molar-refractivity contribution in [3.05, 3.63) is 65.2 Å². The number of isocyanates is 1. The van der Waals surface area contributed by atoms with Gasteiger partial charge in [0.15, 0.2) is 0 Å². The molecule has 0 saturated heterocycles. The average Bonchev–Trinajstić information content (AvgIpc) is 3.08. The SMILES string of the molecule is C=CC/C=C/Cc1csc(C(C)(C)C(O)C/C=C\C(=C)CCN=C=O)n1. The fourth-order valence-electron chi connectivity index (χ4n) is 2.22. The van der Waals surface area contributed by atoms with Crippen LogP contribution in [0.2, 0.25) is 0 Å². The molecule has 140 valence electrons. The van der Waals surface area contributed by atoms with Crippen molar-refractivity contribution in [3.8, 4) is 0 Å². The molecule has 4 nitrogen and oxygen atoms in total. The predicted octanol–water partition coefficient (Wildman–Crippen LogP) is 4.68. The number of aliphatic hydroxyl groups is 1. The summed E-state index contributed by atoms with van der Waals surface area (Å²) in [4.78, 5) is 18.2. The second kappa shape index (κ2) is 11.5. The number of aromatic nitrogens is 1. The summed E-state index contributed by atoms with van der Waals surface area (Å²) in [6.07, 6.45) is 13.5. The van der Waals surface area contributed by atoms with Crippen LogP contribution in [-0.2, 0) is 16.6 Å². The smallest absolute Gasteiger partial charge is 0.234 e. The molecule has 5 heteroatoms. The van der Waals surface area contributed by atoms with Crippen LogP contribution in [0.5, 0.6) is 0 Å². The summed E-state index contributed by atoms with van der Waals surface area (Å²) in [5, 5.41) is 13.6. The van der Waals surface area contributed by atoms with Crippen LogP contribution in [0, 0.1) is 0 Å². The highest BCUT2D eigenvalue weighted by Crippen LogP contribution is 2.31. The van der Waals surface area contributed by atoms with Crippen LogP contribution in [0.1, 0.15) is 43.8 Å². The van der Waals surface area contributed by atoms with E-state index < -0.39 is 11.5 Å². The van der Waals surface area contributed by atoms with Crippen LogP contribution >= 0.6 is 11.3 Å². The van der Waals surface area contributed by atoms with E-state index in [1.807, 2.05) is 37.5 Å². The molecular weight excluding hydrogens is 344 g/mol. The summed E-state index contributed by atoms with van der Waals surface area (Å²) in [6.45, 7) is 12.0. The third-order valence-electron chi connectivity index (χ3n) is 4.05. The zero-order chi connectivity index (χ0) is 19.4. The Morgan fingerprint density at radius 3 is 2.92 bits per heavy atom. The van der Waals surface area contributed by atoms with E-state index >= 15 is 0 Å². The number of nitrogens with zero attached hydrogens (tertiary/aromatic N) is 2. The van der Waals surface area contributed by atoms with Crippen molar-refractivity contribution < 1.29 is 9.90 Å². The average molecular weight is 373 g/mol. The number of hydrogen-bond acceptors (Lipinski definition) is 5. The van der Waals surface area contributed by atoms with Gasteiger partial charge in [-0.3, -0.25) is 0 Å². The maximum absolute atomic E-state index is 10.6. The highest BCUT2D eigenvalue weighted by atomic mass is 32.1. The van der Waals surface area contributed by atoms with E-state index in [2.05, 4.69) is 35.3 Å². The summed E-state index contributed by atoms with van der Waals surface area (Å²) in [6, 6.07) is 0. The molecule has 0 amide bonds. The van der Waals surface area contributed by atoms with E-state index in [0.29, 0.717) is 19.4 Å². The summed E-state index contributed by atoms with van der Waals surface area (Å²) in [5.41, 5.74) is 1.46. The normalized spacial score (nSPS) is 13.0. The molecule has 0 bridgehead atoms. The minimum atomic E-state index is -0.546. The lowest BCUT2D eigenvalue weighted by Gasteiger charge is -2.27. The van der Waals surface area contributed by atoms with Crippen LogP contribution in [0.3, 0.4) is 0 Å². The Balaban J connectivity index is 2.60. The van der Waals surface area contributed by atoms with E-state index in [4.69, 9.17) is 0 Å². The molecule has 1 rings (SSSR count). The zero-order valence-electron chi connectivity index (χ0n) is 15.6. The standard InChI is InChI=1S/C21H28N2O2S/c1-5-6-7-8-11-18-15-26-20(23-18)21(3,4)19(25)12-9-10-17(2)13-14-22-16-24/h5,7-10,15,19,25H,1-2,6,11-14H2,3-4H3/b8-7+,10-9-. The third kappa shape index (κ3) is 7.44. The first kappa shape index (κ1) is 22.0. The fraction of sp³-hybridized carbons (Fsp3) is 0.429. The van der Waals surface area contributed by atoms with Gasteiger partial charge in [-0.15, -0.1) is 17.9 Å². The number of hydrogen-bond donors (Lipinski definition) is 1. The second-order valence-corrected chi connectivity index (χ2v) is 7.46. The summed E-state index contributed by atoms with van der Waals surface area (Å²) >= 11 is 1.59. The fourth-order valence-corrected chi connectivity index (χ4v) is 3.23. The molecule has 0 aromatic carbocycles. The summed E-state index contributed by atoms with van der Waals surface area (Å²) in [7, 11) is 0. The van der Waals surface area contributed by atoms with Gasteiger partial charge in [0.05, 0.1) is 18.3 Å². The number of carbonyl (C=O) groups excluding carboxylic acids is 1. The molecule has 1 heterocycles. The Morgan fingerprint density at radius 1 is 1.46 bits per heavy atom. The maximum Gasteiger partial charge on any atom is 0.234 e. The largest absolute Gasteiger partial charge is 0.392 e. The quantitative estimate of drug-likeness (QED) is 0.251. The monoisotopic (exact) mass is 372 g/mol. The lowest BCUT2D eigenvalue weighted by molar-refractivity contribution is 0.102. The third-order valence-corrected chi connectivity index (χ3v) is 5.29. The molecular formula is C21H28N2O2S. The molecule has 1 unspecified atom stereocenters. The van der Waals surface area contributed by atoms with E-state index in [0.717, 1.165) is 29.1 Å². The summed E-state index contributed by atoms with van der Waals surface area (Å²) in [5.74, 6) is 0. The van der Waals surface area contributed by atoms with Crippen LogP contribution in [0.15, 0.2) is 59.5 Å².